The number of likely N-dealkylation sites (tertiary alicyclic amines) is 1. The number of H-pyrrole nitrogens is 2. The Labute approximate surface area is 310 Å². The van der Waals surface area contributed by atoms with Gasteiger partial charge in [-0.05, 0) is 86.2 Å². The highest BCUT2D eigenvalue weighted by Crippen LogP contribution is 2.57. The first-order valence-corrected chi connectivity index (χ1v) is 19.7. The third-order valence-corrected chi connectivity index (χ3v) is 14.5. The van der Waals surface area contributed by atoms with Crippen LogP contribution in [0.2, 0.25) is 0 Å². The number of carbonyl (C=O) groups excluding carboxylic acids is 3. The standard InChI is InChI=1S/C43H52N4O6/c1-7-22-17-24-20-43(42(50)53-6)38-27(15-16-47(39(22)43)40(24)48)26-13-14-33(51-4)35(37(26)45-38)30-18-28-23(8-2)21-46(3)32(34(28)41(49)52-5)19-29-25-11-9-10-12-31(25)44-36(29)30/h9-14,22-24,28,30,32,34,39,44-45H,7-8,15-21H2,1-6H3/t22-,23+,24+,28-,30-,32-,34-,39-,43+/m0/s1. The highest BCUT2D eigenvalue weighted by molar-refractivity contribution is 5.97. The number of amides is 1. The van der Waals surface area contributed by atoms with E-state index in [-0.39, 0.29) is 59.5 Å². The van der Waals surface area contributed by atoms with E-state index >= 15 is 0 Å². The topological polar surface area (TPSA) is 117 Å². The van der Waals surface area contributed by atoms with Crippen LogP contribution in [0.5, 0.6) is 5.75 Å². The van der Waals surface area contributed by atoms with Gasteiger partial charge in [-0.3, -0.25) is 14.4 Å². The molecule has 0 unspecified atom stereocenters. The minimum absolute atomic E-state index is 0.00667. The van der Waals surface area contributed by atoms with Crippen LogP contribution >= 0.6 is 0 Å². The summed E-state index contributed by atoms with van der Waals surface area (Å²) in [6.45, 7) is 5.90. The fourth-order valence-corrected chi connectivity index (χ4v) is 12.3. The average Bonchev–Trinajstić information content (AvgIpc) is 3.70. The van der Waals surface area contributed by atoms with Crippen molar-refractivity contribution in [3.63, 3.8) is 0 Å². The molecule has 2 aliphatic carbocycles. The molecule has 1 amide bonds. The summed E-state index contributed by atoms with van der Waals surface area (Å²) in [5.74, 6) is 0.487. The van der Waals surface area contributed by atoms with E-state index < -0.39 is 5.41 Å². The molecular formula is C43H52N4O6. The van der Waals surface area contributed by atoms with Crippen molar-refractivity contribution in [1.82, 2.24) is 19.8 Å². The van der Waals surface area contributed by atoms with Crippen molar-refractivity contribution in [2.75, 3.05) is 41.5 Å². The molecule has 1 saturated carbocycles. The van der Waals surface area contributed by atoms with Crippen LogP contribution in [0.1, 0.15) is 79.9 Å². The Morgan fingerprint density at radius 2 is 1.74 bits per heavy atom. The number of nitrogens with zero attached hydrogens (tertiary/aromatic N) is 2. The van der Waals surface area contributed by atoms with E-state index in [1.54, 1.807) is 7.11 Å². The number of para-hydroxylation sites is 1. The molecule has 9 atom stereocenters. The molecule has 4 fully saturated rings. The minimum Gasteiger partial charge on any atom is -0.496 e. The predicted octanol–water partition coefficient (Wildman–Crippen LogP) is 6.10. The predicted molar refractivity (Wildman–Crippen MR) is 202 cm³/mol. The van der Waals surface area contributed by atoms with E-state index in [1.165, 1.54) is 25.2 Å². The Morgan fingerprint density at radius 3 is 2.47 bits per heavy atom. The van der Waals surface area contributed by atoms with Gasteiger partial charge in [0.15, 0.2) is 0 Å². The summed E-state index contributed by atoms with van der Waals surface area (Å²) in [7, 11) is 6.90. The molecule has 4 aromatic rings. The van der Waals surface area contributed by atoms with Crippen LogP contribution in [-0.4, -0.2) is 91.2 Å². The van der Waals surface area contributed by atoms with Gasteiger partial charge in [0.05, 0.1) is 38.8 Å². The van der Waals surface area contributed by atoms with Gasteiger partial charge in [-0.15, -0.1) is 0 Å². The quantitative estimate of drug-likeness (QED) is 0.232. The molecule has 10 rings (SSSR count). The smallest absolute Gasteiger partial charge is 0.319 e. The molecule has 6 heterocycles. The number of hydrogen-bond acceptors (Lipinski definition) is 7. The van der Waals surface area contributed by atoms with Gasteiger partial charge in [0.2, 0.25) is 5.91 Å². The zero-order valence-electron chi connectivity index (χ0n) is 31.8. The third-order valence-electron chi connectivity index (χ3n) is 14.5. The maximum absolute atomic E-state index is 14.4. The molecule has 3 saturated heterocycles. The second kappa shape index (κ2) is 12.6. The van der Waals surface area contributed by atoms with Crippen LogP contribution in [0.3, 0.4) is 0 Å². The van der Waals surface area contributed by atoms with Crippen LogP contribution in [0.25, 0.3) is 21.8 Å². The van der Waals surface area contributed by atoms with Gasteiger partial charge in [-0.1, -0.05) is 44.9 Å². The van der Waals surface area contributed by atoms with Crippen LogP contribution in [0.4, 0.5) is 0 Å². The summed E-state index contributed by atoms with van der Waals surface area (Å²) in [5.41, 5.74) is 6.48. The zero-order chi connectivity index (χ0) is 36.9. The number of methoxy groups -OCH3 is 3. The number of nitrogens with one attached hydrogen (secondary N) is 2. The van der Waals surface area contributed by atoms with Gasteiger partial charge in [-0.2, -0.15) is 0 Å². The monoisotopic (exact) mass is 720 g/mol. The van der Waals surface area contributed by atoms with Crippen molar-refractivity contribution in [1.29, 1.82) is 0 Å². The molecule has 4 aliphatic heterocycles. The Bertz CT molecular complexity index is 2140. The molecule has 0 spiro atoms. The first-order valence-electron chi connectivity index (χ1n) is 19.7. The number of aromatic nitrogens is 2. The van der Waals surface area contributed by atoms with E-state index in [4.69, 9.17) is 14.2 Å². The first kappa shape index (κ1) is 34.5. The van der Waals surface area contributed by atoms with Crippen molar-refractivity contribution in [3.8, 4) is 5.75 Å². The molecular weight excluding hydrogens is 668 g/mol. The maximum Gasteiger partial charge on any atom is 0.319 e. The maximum atomic E-state index is 14.4. The van der Waals surface area contributed by atoms with Gasteiger partial charge >= 0.3 is 11.9 Å². The SMILES string of the molecule is CC[C@@H]1CN(C)[C@H]2Cc3c([nH]c4ccccc34)[C@H](c3c(OC)ccc4c5c([nH]c34)[C@]3(C(=O)OC)C[C@H]4C[C@H](CC)[C@@H]3N(CC5)C4=O)C[C@@H]1[C@@H]2C(=O)OC. The number of ether oxygens (including phenoxy) is 3. The zero-order valence-corrected chi connectivity index (χ0v) is 31.8. The normalized spacial score (nSPS) is 32.1. The fourth-order valence-electron chi connectivity index (χ4n) is 12.3. The average molecular weight is 721 g/mol. The number of fused-ring (bicyclic) bond motifs is 9. The summed E-state index contributed by atoms with van der Waals surface area (Å²) in [6.07, 6.45) is 5.20. The lowest BCUT2D eigenvalue weighted by Crippen LogP contribution is -2.69. The Kier molecular flexibility index (Phi) is 8.22. The van der Waals surface area contributed by atoms with Crippen molar-refractivity contribution < 1.29 is 28.6 Å². The number of esters is 2. The van der Waals surface area contributed by atoms with Crippen LogP contribution in [0.15, 0.2) is 36.4 Å². The molecule has 10 heteroatoms. The summed E-state index contributed by atoms with van der Waals surface area (Å²) >= 11 is 0. The van der Waals surface area contributed by atoms with Gasteiger partial charge in [0.25, 0.3) is 0 Å². The molecule has 2 aromatic heterocycles. The lowest BCUT2D eigenvalue weighted by atomic mass is 9.56. The van der Waals surface area contributed by atoms with Crippen molar-refractivity contribution in [3.05, 3.63) is 64.5 Å². The summed E-state index contributed by atoms with van der Waals surface area (Å²) in [6, 6.07) is 12.4. The molecule has 10 nitrogen and oxygen atoms in total. The second-order valence-corrected chi connectivity index (χ2v) is 16.5. The number of likely N-dealkylation sites (N-methyl/N-ethyl adjacent to an activating group) is 1. The number of carbonyl (C=O) groups is 3. The van der Waals surface area contributed by atoms with Crippen LogP contribution in [-0.2, 0) is 42.1 Å². The summed E-state index contributed by atoms with van der Waals surface area (Å²) in [4.78, 5) is 54.3. The number of piperidine rings is 3. The third kappa shape index (κ3) is 4.69. The number of rotatable bonds is 6. The number of benzene rings is 2. The van der Waals surface area contributed by atoms with E-state index in [1.807, 2.05) is 4.90 Å². The molecule has 6 bridgehead atoms. The van der Waals surface area contributed by atoms with Crippen molar-refractivity contribution in [2.45, 2.75) is 82.2 Å². The number of hydrogen-bond donors (Lipinski definition) is 2. The fraction of sp³-hybridized carbons (Fsp3) is 0.558. The van der Waals surface area contributed by atoms with Gasteiger partial charge in [0, 0.05) is 64.2 Å². The molecule has 2 aromatic carbocycles. The van der Waals surface area contributed by atoms with Crippen LogP contribution < -0.4 is 4.74 Å². The first-order chi connectivity index (χ1) is 25.7. The number of aromatic amines is 2. The molecule has 280 valence electrons. The lowest BCUT2D eigenvalue weighted by Gasteiger charge is -2.57. The van der Waals surface area contributed by atoms with Gasteiger partial charge in [-0.25, -0.2) is 0 Å². The highest BCUT2D eigenvalue weighted by Gasteiger charge is 2.65. The molecule has 0 radical (unpaired) electrons. The van der Waals surface area contributed by atoms with E-state index in [0.29, 0.717) is 25.3 Å². The van der Waals surface area contributed by atoms with E-state index in [2.05, 4.69) is 72.2 Å². The largest absolute Gasteiger partial charge is 0.496 e. The van der Waals surface area contributed by atoms with Crippen LogP contribution in [0, 0.1) is 29.6 Å². The van der Waals surface area contributed by atoms with Crippen molar-refractivity contribution in [2.24, 2.45) is 29.6 Å². The molecule has 6 aliphatic rings. The second-order valence-electron chi connectivity index (χ2n) is 16.5. The van der Waals surface area contributed by atoms with Crippen molar-refractivity contribution >= 4 is 39.7 Å². The van der Waals surface area contributed by atoms with E-state index in [0.717, 1.165) is 83.3 Å². The summed E-state index contributed by atoms with van der Waals surface area (Å²) < 4.78 is 17.6. The van der Waals surface area contributed by atoms with E-state index in [9.17, 15) is 14.4 Å². The Hall–Kier alpha value is -4.31. The minimum atomic E-state index is -0.987. The highest BCUT2D eigenvalue weighted by atomic mass is 16.5. The van der Waals surface area contributed by atoms with Gasteiger partial charge in [0.1, 0.15) is 11.2 Å². The van der Waals surface area contributed by atoms with Gasteiger partial charge < -0.3 is 34.0 Å². The summed E-state index contributed by atoms with van der Waals surface area (Å²) in [5, 5.41) is 2.23. The molecule has 2 N–H and O–H groups in total. The Balaban J connectivity index is 1.32. The molecule has 53 heavy (non-hydrogen) atoms. The Morgan fingerprint density at radius 1 is 0.943 bits per heavy atom. The lowest BCUT2D eigenvalue weighted by molar-refractivity contribution is -0.172.